The highest BCUT2D eigenvalue weighted by atomic mass is 35.5. The molecule has 19 heavy (non-hydrogen) atoms. The van der Waals surface area contributed by atoms with Crippen molar-refractivity contribution in [3.05, 3.63) is 69.7 Å². The van der Waals surface area contributed by atoms with Gasteiger partial charge in [0.1, 0.15) is 5.75 Å². The van der Waals surface area contributed by atoms with E-state index < -0.39 is 0 Å². The molecule has 0 unspecified atom stereocenters. The van der Waals surface area contributed by atoms with Crippen LogP contribution in [0.4, 0.5) is 0 Å². The molecule has 2 aromatic carbocycles. The zero-order chi connectivity index (χ0) is 13.8. The molecule has 0 saturated heterocycles. The Morgan fingerprint density at radius 1 is 1.11 bits per heavy atom. The predicted molar refractivity (Wildman–Crippen MR) is 77.9 cm³/mol. The van der Waals surface area contributed by atoms with Crippen molar-refractivity contribution in [1.82, 2.24) is 0 Å². The number of ketones is 1. The third-order valence-electron chi connectivity index (χ3n) is 2.53. The van der Waals surface area contributed by atoms with Gasteiger partial charge in [0, 0.05) is 5.56 Å². The Morgan fingerprint density at radius 2 is 1.84 bits per heavy atom. The van der Waals surface area contributed by atoms with E-state index in [1.807, 2.05) is 0 Å². The third-order valence-corrected chi connectivity index (χ3v) is 3.36. The van der Waals surface area contributed by atoms with Crippen LogP contribution in [0, 0.1) is 0 Å². The summed E-state index contributed by atoms with van der Waals surface area (Å²) in [5.41, 5.74) is 1.08. The number of carbonyl (C=O) groups excluding carboxylic acids is 1. The van der Waals surface area contributed by atoms with E-state index in [4.69, 9.17) is 23.2 Å². The van der Waals surface area contributed by atoms with Crippen molar-refractivity contribution >= 4 is 35.1 Å². The number of aromatic hydroxyl groups is 1. The summed E-state index contributed by atoms with van der Waals surface area (Å²) in [6, 6.07) is 11.4. The molecule has 0 amide bonds. The molecule has 0 spiro atoms. The van der Waals surface area contributed by atoms with Gasteiger partial charge >= 0.3 is 0 Å². The highest BCUT2D eigenvalue weighted by Gasteiger charge is 2.04. The molecular weight excluding hydrogens is 283 g/mol. The lowest BCUT2D eigenvalue weighted by atomic mass is 10.1. The monoisotopic (exact) mass is 292 g/mol. The lowest BCUT2D eigenvalue weighted by molar-refractivity contribution is 0.104. The highest BCUT2D eigenvalue weighted by Crippen LogP contribution is 2.26. The van der Waals surface area contributed by atoms with Gasteiger partial charge in [-0.05, 0) is 35.9 Å². The van der Waals surface area contributed by atoms with Crippen LogP contribution in [-0.4, -0.2) is 10.9 Å². The Balaban J connectivity index is 2.23. The first-order valence-electron chi connectivity index (χ1n) is 5.53. The number of hydrogen-bond acceptors (Lipinski definition) is 2. The van der Waals surface area contributed by atoms with E-state index in [2.05, 4.69) is 0 Å². The van der Waals surface area contributed by atoms with Gasteiger partial charge in [-0.25, -0.2) is 0 Å². The van der Waals surface area contributed by atoms with Crippen molar-refractivity contribution in [3.8, 4) is 5.75 Å². The van der Waals surface area contributed by atoms with E-state index in [0.717, 1.165) is 0 Å². The number of allylic oxidation sites excluding steroid dienone is 1. The predicted octanol–water partition coefficient (Wildman–Crippen LogP) is 4.60. The summed E-state index contributed by atoms with van der Waals surface area (Å²) >= 11 is 11.9. The first-order valence-corrected chi connectivity index (χ1v) is 6.29. The van der Waals surface area contributed by atoms with Gasteiger partial charge < -0.3 is 5.11 Å². The highest BCUT2D eigenvalue weighted by molar-refractivity contribution is 6.42. The van der Waals surface area contributed by atoms with E-state index in [9.17, 15) is 9.90 Å². The number of halogens is 2. The molecule has 0 aromatic heterocycles. The average Bonchev–Trinajstić information content (AvgIpc) is 2.40. The van der Waals surface area contributed by atoms with Crippen molar-refractivity contribution in [2.75, 3.05) is 0 Å². The van der Waals surface area contributed by atoms with Crippen LogP contribution in [0.3, 0.4) is 0 Å². The van der Waals surface area contributed by atoms with Gasteiger partial charge in [0.15, 0.2) is 5.78 Å². The molecule has 0 atom stereocenters. The van der Waals surface area contributed by atoms with Crippen LogP contribution < -0.4 is 0 Å². The Kier molecular flexibility index (Phi) is 4.25. The van der Waals surface area contributed by atoms with Crippen molar-refractivity contribution in [2.45, 2.75) is 0 Å². The SMILES string of the molecule is O=C(/C=C/c1cccc(Cl)c1Cl)c1cccc(O)c1. The second kappa shape index (κ2) is 5.91. The van der Waals surface area contributed by atoms with Crippen LogP contribution in [0.5, 0.6) is 5.75 Å². The molecule has 0 aliphatic heterocycles. The van der Waals surface area contributed by atoms with Crippen LogP contribution in [0.2, 0.25) is 10.0 Å². The molecule has 0 fully saturated rings. The molecule has 0 bridgehead atoms. The molecule has 4 heteroatoms. The van der Waals surface area contributed by atoms with E-state index >= 15 is 0 Å². The topological polar surface area (TPSA) is 37.3 Å². The molecule has 0 radical (unpaired) electrons. The summed E-state index contributed by atoms with van der Waals surface area (Å²) in [6.07, 6.45) is 2.99. The molecular formula is C15H10Cl2O2. The Hall–Kier alpha value is -1.77. The summed E-state index contributed by atoms with van der Waals surface area (Å²) in [5, 5.41) is 10.2. The molecule has 2 rings (SSSR count). The van der Waals surface area contributed by atoms with Gasteiger partial charge in [-0.1, -0.05) is 47.5 Å². The number of rotatable bonds is 3. The van der Waals surface area contributed by atoms with E-state index in [0.29, 0.717) is 21.2 Å². The lowest BCUT2D eigenvalue weighted by Crippen LogP contribution is -1.93. The van der Waals surface area contributed by atoms with Gasteiger partial charge in [-0.15, -0.1) is 0 Å². The van der Waals surface area contributed by atoms with Crippen LogP contribution in [0.15, 0.2) is 48.5 Å². The summed E-state index contributed by atoms with van der Waals surface area (Å²) in [6.45, 7) is 0. The largest absolute Gasteiger partial charge is 0.508 e. The second-order valence-electron chi connectivity index (χ2n) is 3.89. The van der Waals surface area contributed by atoms with E-state index in [-0.39, 0.29) is 11.5 Å². The summed E-state index contributed by atoms with van der Waals surface area (Å²) in [7, 11) is 0. The fraction of sp³-hybridized carbons (Fsp3) is 0. The maximum atomic E-state index is 11.9. The fourth-order valence-corrected chi connectivity index (χ4v) is 1.94. The molecule has 0 aliphatic carbocycles. The molecule has 0 saturated carbocycles. The molecule has 0 aliphatic rings. The molecule has 2 nitrogen and oxygen atoms in total. The van der Waals surface area contributed by atoms with Gasteiger partial charge in [0.25, 0.3) is 0 Å². The van der Waals surface area contributed by atoms with Gasteiger partial charge in [-0.2, -0.15) is 0 Å². The fourth-order valence-electron chi connectivity index (χ4n) is 1.57. The quantitative estimate of drug-likeness (QED) is 0.663. The van der Waals surface area contributed by atoms with Crippen molar-refractivity contribution in [2.24, 2.45) is 0 Å². The average molecular weight is 293 g/mol. The van der Waals surface area contributed by atoms with Gasteiger partial charge in [-0.3, -0.25) is 4.79 Å². The molecule has 96 valence electrons. The number of benzene rings is 2. The molecule has 1 N–H and O–H groups in total. The van der Waals surface area contributed by atoms with Crippen molar-refractivity contribution in [1.29, 1.82) is 0 Å². The smallest absolute Gasteiger partial charge is 0.185 e. The third kappa shape index (κ3) is 3.37. The first kappa shape index (κ1) is 13.7. The lowest BCUT2D eigenvalue weighted by Gasteiger charge is -2.00. The normalized spacial score (nSPS) is 10.8. The summed E-state index contributed by atoms with van der Waals surface area (Å²) in [5.74, 6) is -0.160. The van der Waals surface area contributed by atoms with Crippen LogP contribution >= 0.6 is 23.2 Å². The zero-order valence-electron chi connectivity index (χ0n) is 9.81. The van der Waals surface area contributed by atoms with Crippen LogP contribution in [0.1, 0.15) is 15.9 Å². The Bertz CT molecular complexity index is 648. The Morgan fingerprint density at radius 3 is 2.58 bits per heavy atom. The Labute approximate surface area is 120 Å². The van der Waals surface area contributed by atoms with Crippen LogP contribution in [-0.2, 0) is 0 Å². The molecule has 0 heterocycles. The number of carbonyl (C=O) groups is 1. The van der Waals surface area contributed by atoms with Gasteiger partial charge in [0.05, 0.1) is 10.0 Å². The summed E-state index contributed by atoms with van der Waals surface area (Å²) in [4.78, 5) is 11.9. The van der Waals surface area contributed by atoms with Gasteiger partial charge in [0.2, 0.25) is 0 Å². The maximum absolute atomic E-state index is 11.9. The standard InChI is InChI=1S/C15H10Cl2O2/c16-13-6-2-3-10(15(13)17)7-8-14(19)11-4-1-5-12(18)9-11/h1-9,18H/b8-7+. The first-order chi connectivity index (χ1) is 9.08. The number of hydrogen-bond donors (Lipinski definition) is 1. The zero-order valence-corrected chi connectivity index (χ0v) is 11.3. The van der Waals surface area contributed by atoms with E-state index in [1.54, 1.807) is 36.4 Å². The maximum Gasteiger partial charge on any atom is 0.185 e. The number of phenolic OH excluding ortho intramolecular Hbond substituents is 1. The number of phenols is 1. The molecule has 2 aromatic rings. The second-order valence-corrected chi connectivity index (χ2v) is 4.68. The van der Waals surface area contributed by atoms with Crippen molar-refractivity contribution in [3.63, 3.8) is 0 Å². The summed E-state index contributed by atoms with van der Waals surface area (Å²) < 4.78 is 0. The minimum Gasteiger partial charge on any atom is -0.508 e. The van der Waals surface area contributed by atoms with Crippen LogP contribution in [0.25, 0.3) is 6.08 Å². The minimum atomic E-state index is -0.216. The van der Waals surface area contributed by atoms with E-state index in [1.165, 1.54) is 18.2 Å². The minimum absolute atomic E-state index is 0.0556. The van der Waals surface area contributed by atoms with Crippen molar-refractivity contribution < 1.29 is 9.90 Å².